The van der Waals surface area contributed by atoms with Gasteiger partial charge < -0.3 is 4.74 Å². The van der Waals surface area contributed by atoms with Gasteiger partial charge in [0.05, 0.1) is 12.7 Å². The average molecular weight is 306 g/mol. The lowest BCUT2D eigenvalue weighted by atomic mass is 10.1. The van der Waals surface area contributed by atoms with Crippen LogP contribution in [0.3, 0.4) is 0 Å². The number of ether oxygens (including phenoxy) is 1. The Bertz CT molecular complexity index is 497. The van der Waals surface area contributed by atoms with Crippen molar-refractivity contribution in [2.75, 3.05) is 19.7 Å². The van der Waals surface area contributed by atoms with Gasteiger partial charge >= 0.3 is 6.18 Å². The minimum absolute atomic E-state index is 0.00175. The molecule has 1 aliphatic rings. The number of carbonyl (C=O) groups excluding carboxylic acids is 2. The molecule has 0 bridgehead atoms. The summed E-state index contributed by atoms with van der Waals surface area (Å²) in [5, 5.41) is 3.32. The molecule has 0 N–H and O–H groups in total. The van der Waals surface area contributed by atoms with Crippen LogP contribution in [0.15, 0.2) is 17.1 Å². The SMILES string of the molecule is CCOC(=CC(=O)C(F)(F)F)N1CC(CN=[N+]=[N-])CC1=O. The van der Waals surface area contributed by atoms with Gasteiger partial charge in [-0.05, 0) is 18.4 Å². The minimum atomic E-state index is -5.03. The Morgan fingerprint density at radius 1 is 1.62 bits per heavy atom. The van der Waals surface area contributed by atoms with E-state index in [0.29, 0.717) is 0 Å². The van der Waals surface area contributed by atoms with E-state index in [1.165, 1.54) is 6.92 Å². The molecule has 1 heterocycles. The minimum Gasteiger partial charge on any atom is -0.479 e. The maximum atomic E-state index is 12.3. The lowest BCUT2D eigenvalue weighted by molar-refractivity contribution is -0.165. The van der Waals surface area contributed by atoms with Gasteiger partial charge in [0.15, 0.2) is 5.88 Å². The van der Waals surface area contributed by atoms with E-state index in [4.69, 9.17) is 10.3 Å². The van der Waals surface area contributed by atoms with Crippen LogP contribution in [0.1, 0.15) is 13.3 Å². The summed E-state index contributed by atoms with van der Waals surface area (Å²) >= 11 is 0. The zero-order valence-corrected chi connectivity index (χ0v) is 11.1. The first-order valence-corrected chi connectivity index (χ1v) is 6.06. The predicted octanol–water partition coefficient (Wildman–Crippen LogP) is 2.15. The quantitative estimate of drug-likeness (QED) is 0.247. The van der Waals surface area contributed by atoms with Gasteiger partial charge in [-0.2, -0.15) is 13.2 Å². The van der Waals surface area contributed by atoms with Gasteiger partial charge in [-0.3, -0.25) is 14.5 Å². The highest BCUT2D eigenvalue weighted by Gasteiger charge is 2.39. The fourth-order valence-corrected chi connectivity index (χ4v) is 1.81. The number of alkyl halides is 3. The summed E-state index contributed by atoms with van der Waals surface area (Å²) in [4.78, 5) is 26.3. The second-order valence-electron chi connectivity index (χ2n) is 4.27. The molecule has 1 rings (SSSR count). The number of likely N-dealkylation sites (tertiary alicyclic amines) is 1. The second-order valence-corrected chi connectivity index (χ2v) is 4.27. The molecule has 1 fully saturated rings. The third kappa shape index (κ3) is 4.67. The fourth-order valence-electron chi connectivity index (χ4n) is 1.81. The third-order valence-electron chi connectivity index (χ3n) is 2.70. The molecule has 0 spiro atoms. The molecule has 1 atom stereocenters. The summed E-state index contributed by atoms with van der Waals surface area (Å²) in [6.07, 6.45) is -4.75. The number of azide groups is 1. The van der Waals surface area contributed by atoms with Crippen molar-refractivity contribution in [2.45, 2.75) is 19.5 Å². The largest absolute Gasteiger partial charge is 0.479 e. The summed E-state index contributed by atoms with van der Waals surface area (Å²) in [5.74, 6) is -3.34. The van der Waals surface area contributed by atoms with E-state index in [1.54, 1.807) is 0 Å². The first-order valence-electron chi connectivity index (χ1n) is 6.06. The molecule has 1 unspecified atom stereocenters. The normalized spacial score (nSPS) is 19.4. The third-order valence-corrected chi connectivity index (χ3v) is 2.70. The van der Waals surface area contributed by atoms with Gasteiger partial charge in [0.25, 0.3) is 5.78 Å². The highest BCUT2D eigenvalue weighted by Crippen LogP contribution is 2.25. The number of rotatable bonds is 6. The number of halogens is 3. The van der Waals surface area contributed by atoms with E-state index in [-0.39, 0.29) is 38.1 Å². The van der Waals surface area contributed by atoms with Crippen LogP contribution in [0, 0.1) is 5.92 Å². The van der Waals surface area contributed by atoms with E-state index in [9.17, 15) is 22.8 Å². The van der Waals surface area contributed by atoms with Crippen LogP contribution in [0.2, 0.25) is 0 Å². The Morgan fingerprint density at radius 2 is 2.29 bits per heavy atom. The van der Waals surface area contributed by atoms with E-state index in [2.05, 4.69) is 10.0 Å². The van der Waals surface area contributed by atoms with Crippen molar-refractivity contribution in [3.63, 3.8) is 0 Å². The molecule has 1 saturated heterocycles. The Labute approximate surface area is 118 Å². The van der Waals surface area contributed by atoms with Crippen LogP contribution in [0.5, 0.6) is 0 Å². The average Bonchev–Trinajstić information content (AvgIpc) is 2.75. The van der Waals surface area contributed by atoms with Gasteiger partial charge in [-0.25, -0.2) is 0 Å². The Kier molecular flexibility index (Phi) is 5.60. The highest BCUT2D eigenvalue weighted by atomic mass is 19.4. The van der Waals surface area contributed by atoms with Crippen molar-refractivity contribution in [1.29, 1.82) is 0 Å². The Morgan fingerprint density at radius 3 is 2.81 bits per heavy atom. The molecule has 21 heavy (non-hydrogen) atoms. The summed E-state index contributed by atoms with van der Waals surface area (Å²) in [5.41, 5.74) is 8.21. The highest BCUT2D eigenvalue weighted by molar-refractivity contribution is 5.95. The van der Waals surface area contributed by atoms with Gasteiger partial charge in [-0.1, -0.05) is 5.11 Å². The van der Waals surface area contributed by atoms with Crippen molar-refractivity contribution in [2.24, 2.45) is 11.0 Å². The van der Waals surface area contributed by atoms with E-state index in [0.717, 1.165) is 4.90 Å². The van der Waals surface area contributed by atoms with Crippen LogP contribution < -0.4 is 0 Å². The first kappa shape index (κ1) is 16.8. The molecule has 0 radical (unpaired) electrons. The van der Waals surface area contributed by atoms with Gasteiger partial charge in [-0.15, -0.1) is 0 Å². The molecular formula is C11H13F3N4O3. The number of allylic oxidation sites excluding steroid dienone is 1. The number of hydrogen-bond donors (Lipinski definition) is 0. The molecular weight excluding hydrogens is 293 g/mol. The summed E-state index contributed by atoms with van der Waals surface area (Å²) < 4.78 is 41.8. The number of amides is 1. The van der Waals surface area contributed by atoms with Gasteiger partial charge in [0.1, 0.15) is 0 Å². The number of nitrogens with zero attached hydrogens (tertiary/aromatic N) is 4. The molecule has 116 valence electrons. The van der Waals surface area contributed by atoms with Crippen molar-refractivity contribution >= 4 is 11.7 Å². The molecule has 1 amide bonds. The molecule has 0 aromatic heterocycles. The molecule has 0 aromatic carbocycles. The molecule has 0 aromatic rings. The Balaban J connectivity index is 2.91. The maximum Gasteiger partial charge on any atom is 0.454 e. The zero-order chi connectivity index (χ0) is 16.0. The second kappa shape index (κ2) is 6.98. The van der Waals surface area contributed by atoms with E-state index >= 15 is 0 Å². The lowest BCUT2D eigenvalue weighted by Crippen LogP contribution is -2.29. The number of ketones is 1. The van der Waals surface area contributed by atoms with Crippen molar-refractivity contribution in [3.8, 4) is 0 Å². The van der Waals surface area contributed by atoms with Crippen LogP contribution >= 0.6 is 0 Å². The topological polar surface area (TPSA) is 95.4 Å². The zero-order valence-electron chi connectivity index (χ0n) is 11.1. The standard InChI is InChI=1S/C11H13F3N4O3/c1-2-21-10(4-8(19)11(12,13)14)18-6-7(3-9(18)20)5-16-17-15/h4,7H,2-3,5-6H2,1H3. The number of carbonyl (C=O) groups is 2. The molecule has 0 saturated carbocycles. The van der Waals surface area contributed by atoms with Crippen LogP contribution in [0.4, 0.5) is 13.2 Å². The van der Waals surface area contributed by atoms with E-state index in [1.807, 2.05) is 0 Å². The maximum absolute atomic E-state index is 12.3. The number of hydrogen-bond acceptors (Lipinski definition) is 4. The van der Waals surface area contributed by atoms with Crippen LogP contribution in [-0.2, 0) is 14.3 Å². The fraction of sp³-hybridized carbons (Fsp3) is 0.636. The van der Waals surface area contributed by atoms with Gasteiger partial charge in [0, 0.05) is 24.4 Å². The van der Waals surface area contributed by atoms with Crippen molar-refractivity contribution in [1.82, 2.24) is 4.90 Å². The van der Waals surface area contributed by atoms with Crippen molar-refractivity contribution in [3.05, 3.63) is 22.4 Å². The molecule has 0 aliphatic carbocycles. The van der Waals surface area contributed by atoms with Crippen molar-refractivity contribution < 1.29 is 27.5 Å². The summed E-state index contributed by atoms with van der Waals surface area (Å²) in [6.45, 7) is 1.60. The molecule has 1 aliphatic heterocycles. The Hall–Kier alpha value is -2.22. The molecule has 7 nitrogen and oxygen atoms in total. The summed E-state index contributed by atoms with van der Waals surface area (Å²) in [6, 6.07) is 0. The van der Waals surface area contributed by atoms with E-state index < -0.39 is 23.7 Å². The monoisotopic (exact) mass is 306 g/mol. The lowest BCUT2D eigenvalue weighted by Gasteiger charge is -2.20. The van der Waals surface area contributed by atoms with Crippen LogP contribution in [-0.4, -0.2) is 42.5 Å². The first-order chi connectivity index (χ1) is 9.79. The molecule has 10 heteroatoms. The van der Waals surface area contributed by atoms with Crippen LogP contribution in [0.25, 0.3) is 10.4 Å². The smallest absolute Gasteiger partial charge is 0.454 e. The summed E-state index contributed by atoms with van der Waals surface area (Å²) in [7, 11) is 0. The van der Waals surface area contributed by atoms with Gasteiger partial charge in [0.2, 0.25) is 5.91 Å². The predicted molar refractivity (Wildman–Crippen MR) is 64.6 cm³/mol.